The second kappa shape index (κ2) is 4.90. The summed E-state index contributed by atoms with van der Waals surface area (Å²) in [6.45, 7) is 0.651. The first-order valence-electron chi connectivity index (χ1n) is 3.65. The summed E-state index contributed by atoms with van der Waals surface area (Å²) >= 11 is 0.940. The Morgan fingerprint density at radius 3 is 2.50 bits per heavy atom. The lowest BCUT2D eigenvalue weighted by Crippen LogP contribution is -2.02. The zero-order valence-electron chi connectivity index (χ0n) is 6.56. The third-order valence-corrected chi connectivity index (χ3v) is 2.06. The van der Waals surface area contributed by atoms with Crippen molar-refractivity contribution in [1.82, 2.24) is 0 Å². The maximum absolute atomic E-state index is 9.88. The summed E-state index contributed by atoms with van der Waals surface area (Å²) in [6, 6.07) is 7.66. The fourth-order valence-corrected chi connectivity index (χ4v) is 1.27. The van der Waals surface area contributed by atoms with Crippen LogP contribution in [0, 0.1) is 4.91 Å². The molecule has 0 saturated carbocycles. The van der Waals surface area contributed by atoms with Gasteiger partial charge in [-0.3, -0.25) is 0 Å². The molecule has 2 N–H and O–H groups in total. The predicted molar refractivity (Wildman–Crippen MR) is 50.9 cm³/mol. The van der Waals surface area contributed by atoms with Gasteiger partial charge in [0.25, 0.3) is 0 Å². The molecule has 4 heteroatoms. The molecule has 0 aliphatic carbocycles. The number of hydrogen-bond donors (Lipinski definition) is 1. The molecule has 0 saturated heterocycles. The van der Waals surface area contributed by atoms with Crippen LogP contribution in [0.25, 0.3) is 0 Å². The molecule has 12 heavy (non-hydrogen) atoms. The fraction of sp³-hybridized carbons (Fsp3) is 0.250. The van der Waals surface area contributed by atoms with Gasteiger partial charge in [0, 0.05) is 9.48 Å². The van der Waals surface area contributed by atoms with Crippen molar-refractivity contribution in [2.75, 3.05) is 6.54 Å². The first-order valence-corrected chi connectivity index (χ1v) is 4.43. The average Bonchev–Trinajstić information content (AvgIpc) is 2.09. The van der Waals surface area contributed by atoms with Gasteiger partial charge in [0.05, 0.1) is 11.9 Å². The summed E-state index contributed by atoms with van der Waals surface area (Å²) in [5.74, 6) is 0. The van der Waals surface area contributed by atoms with Gasteiger partial charge in [-0.05, 0) is 30.7 Å². The third-order valence-electron chi connectivity index (χ3n) is 1.50. The van der Waals surface area contributed by atoms with E-state index < -0.39 is 0 Å². The Bertz CT molecular complexity index is 248. The van der Waals surface area contributed by atoms with E-state index in [2.05, 4.69) is 4.58 Å². The van der Waals surface area contributed by atoms with Crippen LogP contribution in [0.1, 0.15) is 5.56 Å². The molecule has 0 aliphatic rings. The van der Waals surface area contributed by atoms with Crippen molar-refractivity contribution in [2.24, 2.45) is 10.3 Å². The highest BCUT2D eigenvalue weighted by Gasteiger charge is 1.94. The van der Waals surface area contributed by atoms with Crippen molar-refractivity contribution in [1.29, 1.82) is 0 Å². The van der Waals surface area contributed by atoms with E-state index in [0.29, 0.717) is 6.54 Å². The Hall–Kier alpha value is -0.870. The fourth-order valence-electron chi connectivity index (χ4n) is 0.927. The zero-order chi connectivity index (χ0) is 8.81. The molecule has 1 rings (SSSR count). The van der Waals surface area contributed by atoms with E-state index in [9.17, 15) is 4.91 Å². The highest BCUT2D eigenvalue weighted by molar-refractivity contribution is 7.98. The summed E-state index contributed by atoms with van der Waals surface area (Å²) in [7, 11) is 0. The lowest BCUT2D eigenvalue weighted by molar-refractivity contribution is 0.966. The Morgan fingerprint density at radius 1 is 1.33 bits per heavy atom. The Balaban J connectivity index is 2.64. The van der Waals surface area contributed by atoms with Crippen molar-refractivity contribution in [2.45, 2.75) is 11.3 Å². The smallest absolute Gasteiger partial charge is 0.0570 e. The second-order valence-electron chi connectivity index (χ2n) is 2.35. The van der Waals surface area contributed by atoms with Crippen LogP contribution in [-0.2, 0) is 6.42 Å². The van der Waals surface area contributed by atoms with Gasteiger partial charge in [0.2, 0.25) is 0 Å². The van der Waals surface area contributed by atoms with Crippen molar-refractivity contribution in [3.63, 3.8) is 0 Å². The summed E-state index contributed by atoms with van der Waals surface area (Å²) in [6.07, 6.45) is 0.874. The minimum atomic E-state index is 0.651. The number of nitroso groups, excluding NO2 is 1. The monoisotopic (exact) mass is 182 g/mol. The normalized spacial score (nSPS) is 9.75. The first-order chi connectivity index (χ1) is 5.86. The summed E-state index contributed by atoms with van der Waals surface area (Å²) in [5.41, 5.74) is 6.57. The predicted octanol–water partition coefficient (Wildman–Crippen LogP) is 1.96. The lowest BCUT2D eigenvalue weighted by atomic mass is 10.2. The van der Waals surface area contributed by atoms with Crippen LogP contribution in [0.4, 0.5) is 0 Å². The van der Waals surface area contributed by atoms with Gasteiger partial charge in [-0.25, -0.2) is 0 Å². The van der Waals surface area contributed by atoms with Gasteiger partial charge in [0.1, 0.15) is 0 Å². The number of benzene rings is 1. The molecule has 3 nitrogen and oxygen atoms in total. The number of rotatable bonds is 4. The van der Waals surface area contributed by atoms with E-state index in [1.165, 1.54) is 5.56 Å². The van der Waals surface area contributed by atoms with E-state index in [1.807, 2.05) is 24.3 Å². The molecule has 0 aromatic heterocycles. The molecular weight excluding hydrogens is 172 g/mol. The maximum Gasteiger partial charge on any atom is 0.0570 e. The molecule has 0 atom stereocenters. The molecule has 0 aliphatic heterocycles. The van der Waals surface area contributed by atoms with Crippen LogP contribution in [-0.4, -0.2) is 6.54 Å². The number of nitrogens with two attached hydrogens (primary N) is 1. The molecule has 0 unspecified atom stereocenters. The summed E-state index contributed by atoms with van der Waals surface area (Å²) in [5, 5.41) is 0. The topological polar surface area (TPSA) is 55.4 Å². The highest BCUT2D eigenvalue weighted by Crippen LogP contribution is 2.18. The van der Waals surface area contributed by atoms with Crippen molar-refractivity contribution < 1.29 is 0 Å². The molecule has 0 spiro atoms. The van der Waals surface area contributed by atoms with Crippen molar-refractivity contribution in [3.05, 3.63) is 34.7 Å². The van der Waals surface area contributed by atoms with E-state index in [0.717, 1.165) is 23.3 Å². The van der Waals surface area contributed by atoms with Gasteiger partial charge in [-0.2, -0.15) is 0 Å². The van der Waals surface area contributed by atoms with Crippen LogP contribution < -0.4 is 5.73 Å². The quantitative estimate of drug-likeness (QED) is 0.572. The van der Waals surface area contributed by atoms with Crippen LogP contribution >= 0.6 is 11.9 Å². The number of nitrogens with zero attached hydrogens (tertiary/aromatic N) is 1. The molecule has 0 amide bonds. The standard InChI is InChI=1S/C8H10N2OS/c9-6-5-7-1-3-8(4-2-7)12-10-11/h1-4H,5-6,9H2. The average molecular weight is 182 g/mol. The van der Waals surface area contributed by atoms with E-state index in [4.69, 9.17) is 5.73 Å². The Labute approximate surface area is 75.5 Å². The molecule has 64 valence electrons. The van der Waals surface area contributed by atoms with Crippen molar-refractivity contribution in [3.8, 4) is 0 Å². The van der Waals surface area contributed by atoms with Crippen molar-refractivity contribution >= 4 is 11.9 Å². The number of hydrogen-bond acceptors (Lipinski definition) is 4. The first kappa shape index (κ1) is 9.22. The van der Waals surface area contributed by atoms with Gasteiger partial charge in [-0.15, -0.1) is 4.91 Å². The SMILES string of the molecule is NCCc1ccc(SN=O)cc1. The van der Waals surface area contributed by atoms with Crippen LogP contribution in [0.2, 0.25) is 0 Å². The van der Waals surface area contributed by atoms with E-state index in [1.54, 1.807) is 0 Å². The molecule has 0 heterocycles. The molecule has 0 fully saturated rings. The molecule has 0 radical (unpaired) electrons. The van der Waals surface area contributed by atoms with Crippen LogP contribution in [0.5, 0.6) is 0 Å². The molecule has 1 aromatic rings. The minimum Gasteiger partial charge on any atom is -0.330 e. The molecular formula is C8H10N2OS. The van der Waals surface area contributed by atoms with Gasteiger partial charge in [0.15, 0.2) is 0 Å². The zero-order valence-corrected chi connectivity index (χ0v) is 7.38. The van der Waals surface area contributed by atoms with E-state index >= 15 is 0 Å². The Morgan fingerprint density at radius 2 is 2.00 bits per heavy atom. The van der Waals surface area contributed by atoms with Gasteiger partial charge >= 0.3 is 0 Å². The molecule has 1 aromatic carbocycles. The summed E-state index contributed by atoms with van der Waals surface area (Å²) in [4.78, 5) is 10.7. The van der Waals surface area contributed by atoms with Crippen LogP contribution in [0.15, 0.2) is 33.7 Å². The largest absolute Gasteiger partial charge is 0.330 e. The lowest BCUT2D eigenvalue weighted by Gasteiger charge is -1.98. The third kappa shape index (κ3) is 2.64. The highest BCUT2D eigenvalue weighted by atomic mass is 32.2. The van der Waals surface area contributed by atoms with Gasteiger partial charge in [-0.1, -0.05) is 12.1 Å². The van der Waals surface area contributed by atoms with Crippen LogP contribution in [0.3, 0.4) is 0 Å². The summed E-state index contributed by atoms with van der Waals surface area (Å²) < 4.78 is 2.72. The van der Waals surface area contributed by atoms with Gasteiger partial charge < -0.3 is 5.73 Å². The second-order valence-corrected chi connectivity index (χ2v) is 3.15. The molecule has 0 bridgehead atoms. The van der Waals surface area contributed by atoms with E-state index in [-0.39, 0.29) is 0 Å². The minimum absolute atomic E-state index is 0.651. The maximum atomic E-state index is 9.88. The Kier molecular flexibility index (Phi) is 3.76.